The van der Waals surface area contributed by atoms with Gasteiger partial charge >= 0.3 is 6.09 Å². The van der Waals surface area contributed by atoms with Crippen LogP contribution in [-0.2, 0) is 4.74 Å². The van der Waals surface area contributed by atoms with Gasteiger partial charge in [0.1, 0.15) is 11.4 Å². The summed E-state index contributed by atoms with van der Waals surface area (Å²) in [5.41, 5.74) is 0.914. The second-order valence-electron chi connectivity index (χ2n) is 8.60. The number of amides is 1. The number of benzene rings is 1. The zero-order valence-corrected chi connectivity index (χ0v) is 16.3. The molecule has 144 valence electrons. The number of piperazine rings is 1. The molecule has 3 rings (SSSR count). The van der Waals surface area contributed by atoms with Crippen molar-refractivity contribution < 1.29 is 14.6 Å². The van der Waals surface area contributed by atoms with Crippen molar-refractivity contribution in [1.82, 2.24) is 9.80 Å². The highest BCUT2D eigenvalue weighted by Crippen LogP contribution is 2.35. The first kappa shape index (κ1) is 19.0. The summed E-state index contributed by atoms with van der Waals surface area (Å²) in [4.78, 5) is 16.6. The van der Waals surface area contributed by atoms with Gasteiger partial charge in [-0.05, 0) is 70.1 Å². The molecule has 1 aromatic rings. The molecule has 1 saturated heterocycles. The van der Waals surface area contributed by atoms with E-state index in [0.29, 0.717) is 17.7 Å². The Morgan fingerprint density at radius 2 is 1.58 bits per heavy atom. The number of phenolic OH excluding ortho intramolecular Hbond substituents is 1. The lowest BCUT2D eigenvalue weighted by atomic mass is 9.81. The lowest BCUT2D eigenvalue weighted by molar-refractivity contribution is 0.00788. The summed E-state index contributed by atoms with van der Waals surface area (Å²) in [5.74, 6) is 0.945. The van der Waals surface area contributed by atoms with Crippen LogP contribution < -0.4 is 0 Å². The van der Waals surface area contributed by atoms with Crippen molar-refractivity contribution in [3.63, 3.8) is 0 Å². The van der Waals surface area contributed by atoms with E-state index in [0.717, 1.165) is 26.2 Å². The minimum absolute atomic E-state index is 0.187. The fraction of sp³-hybridized carbons (Fsp3) is 0.667. The van der Waals surface area contributed by atoms with Gasteiger partial charge in [-0.2, -0.15) is 0 Å². The molecule has 0 unspecified atom stereocenters. The topological polar surface area (TPSA) is 53.0 Å². The van der Waals surface area contributed by atoms with Gasteiger partial charge in [-0.25, -0.2) is 4.79 Å². The second-order valence-corrected chi connectivity index (χ2v) is 8.60. The van der Waals surface area contributed by atoms with Gasteiger partial charge in [-0.1, -0.05) is 12.1 Å². The molecule has 1 aliphatic heterocycles. The van der Waals surface area contributed by atoms with Gasteiger partial charge in [0.25, 0.3) is 0 Å². The van der Waals surface area contributed by atoms with Crippen LogP contribution in [0.1, 0.15) is 57.9 Å². The van der Waals surface area contributed by atoms with Gasteiger partial charge in [0, 0.05) is 32.2 Å². The minimum Gasteiger partial charge on any atom is -0.508 e. The van der Waals surface area contributed by atoms with Gasteiger partial charge in [-0.15, -0.1) is 0 Å². The summed E-state index contributed by atoms with van der Waals surface area (Å²) in [6.45, 7) is 9.12. The summed E-state index contributed by atoms with van der Waals surface area (Å²) in [5, 5.41) is 9.45. The maximum absolute atomic E-state index is 12.2. The molecule has 0 radical (unpaired) electrons. The van der Waals surface area contributed by atoms with Crippen LogP contribution in [0.15, 0.2) is 24.3 Å². The molecule has 2 aliphatic rings. The average Bonchev–Trinajstić information content (AvgIpc) is 2.61. The minimum atomic E-state index is -0.430. The number of hydrogen-bond donors (Lipinski definition) is 1. The molecule has 0 spiro atoms. The van der Waals surface area contributed by atoms with E-state index in [1.807, 2.05) is 25.7 Å². The van der Waals surface area contributed by atoms with Gasteiger partial charge < -0.3 is 14.7 Å². The molecule has 1 heterocycles. The molecule has 1 amide bonds. The first-order valence-corrected chi connectivity index (χ1v) is 9.83. The Balaban J connectivity index is 1.45. The summed E-state index contributed by atoms with van der Waals surface area (Å²) >= 11 is 0. The molecule has 1 aromatic carbocycles. The SMILES string of the molecule is CC(C)(C)OC(=O)N1CCN([C@H]2CC[C@@H](c3ccc(O)cc3)CC2)CC1. The van der Waals surface area contributed by atoms with E-state index < -0.39 is 5.60 Å². The number of hydrogen-bond acceptors (Lipinski definition) is 4. The van der Waals surface area contributed by atoms with E-state index in [2.05, 4.69) is 17.0 Å². The maximum Gasteiger partial charge on any atom is 0.410 e. The second kappa shape index (κ2) is 7.87. The third kappa shape index (κ3) is 4.91. The molecule has 5 heteroatoms. The highest BCUT2D eigenvalue weighted by Gasteiger charge is 2.31. The van der Waals surface area contributed by atoms with Crippen molar-refractivity contribution in [2.24, 2.45) is 0 Å². The monoisotopic (exact) mass is 360 g/mol. The van der Waals surface area contributed by atoms with Crippen molar-refractivity contribution in [2.45, 2.75) is 64.0 Å². The summed E-state index contributed by atoms with van der Waals surface area (Å²) in [7, 11) is 0. The molecule has 5 nitrogen and oxygen atoms in total. The Kier molecular flexibility index (Phi) is 5.76. The zero-order chi connectivity index (χ0) is 18.7. The third-order valence-corrected chi connectivity index (χ3v) is 5.54. The van der Waals surface area contributed by atoms with E-state index in [1.54, 1.807) is 12.1 Å². The fourth-order valence-electron chi connectivity index (χ4n) is 4.12. The Morgan fingerprint density at radius 1 is 1.00 bits per heavy atom. The standard InChI is InChI=1S/C21H32N2O3/c1-21(2,3)26-20(25)23-14-12-22(13-15-23)18-8-4-16(5-9-18)17-6-10-19(24)11-7-17/h6-7,10-11,16,18,24H,4-5,8-9,12-15H2,1-3H3/t16-,18+. The van der Waals surface area contributed by atoms with E-state index in [-0.39, 0.29) is 6.09 Å². The Morgan fingerprint density at radius 3 is 2.12 bits per heavy atom. The Hall–Kier alpha value is -1.75. The molecular weight excluding hydrogens is 328 g/mol. The number of phenols is 1. The van der Waals surface area contributed by atoms with Crippen molar-refractivity contribution in [3.05, 3.63) is 29.8 Å². The molecule has 1 saturated carbocycles. The van der Waals surface area contributed by atoms with Crippen LogP contribution in [0, 0.1) is 0 Å². The van der Waals surface area contributed by atoms with Gasteiger partial charge in [0.15, 0.2) is 0 Å². The molecule has 1 aliphatic carbocycles. The molecular formula is C21H32N2O3. The van der Waals surface area contributed by atoms with Crippen molar-refractivity contribution in [3.8, 4) is 5.75 Å². The Labute approximate surface area is 156 Å². The zero-order valence-electron chi connectivity index (χ0n) is 16.3. The predicted molar refractivity (Wildman–Crippen MR) is 102 cm³/mol. The number of carbonyl (C=O) groups excluding carboxylic acids is 1. The molecule has 0 aromatic heterocycles. The molecule has 1 N–H and O–H groups in total. The van der Waals surface area contributed by atoms with Gasteiger partial charge in [0.2, 0.25) is 0 Å². The quantitative estimate of drug-likeness (QED) is 0.867. The normalized spacial score (nSPS) is 25.1. The van der Waals surface area contributed by atoms with Crippen molar-refractivity contribution in [1.29, 1.82) is 0 Å². The molecule has 2 fully saturated rings. The van der Waals surface area contributed by atoms with Crippen LogP contribution >= 0.6 is 0 Å². The van der Waals surface area contributed by atoms with Crippen molar-refractivity contribution in [2.75, 3.05) is 26.2 Å². The number of ether oxygens (including phenoxy) is 1. The number of aromatic hydroxyl groups is 1. The lowest BCUT2D eigenvalue weighted by Crippen LogP contribution is -2.53. The van der Waals surface area contributed by atoms with E-state index >= 15 is 0 Å². The summed E-state index contributed by atoms with van der Waals surface area (Å²) < 4.78 is 5.48. The van der Waals surface area contributed by atoms with E-state index in [9.17, 15) is 9.90 Å². The molecule has 0 atom stereocenters. The number of rotatable bonds is 2. The van der Waals surface area contributed by atoms with Gasteiger partial charge in [0.05, 0.1) is 0 Å². The highest BCUT2D eigenvalue weighted by molar-refractivity contribution is 5.68. The van der Waals surface area contributed by atoms with Crippen LogP contribution in [0.25, 0.3) is 0 Å². The summed E-state index contributed by atoms with van der Waals surface area (Å²) in [6, 6.07) is 8.32. The fourth-order valence-corrected chi connectivity index (χ4v) is 4.12. The highest BCUT2D eigenvalue weighted by atomic mass is 16.6. The first-order chi connectivity index (χ1) is 12.3. The van der Waals surface area contributed by atoms with E-state index in [1.165, 1.54) is 31.2 Å². The van der Waals surface area contributed by atoms with Crippen molar-refractivity contribution >= 4 is 6.09 Å². The van der Waals surface area contributed by atoms with E-state index in [4.69, 9.17) is 4.74 Å². The summed E-state index contributed by atoms with van der Waals surface area (Å²) in [6.07, 6.45) is 4.62. The number of nitrogens with zero attached hydrogens (tertiary/aromatic N) is 2. The average molecular weight is 360 g/mol. The maximum atomic E-state index is 12.2. The largest absolute Gasteiger partial charge is 0.508 e. The molecule has 26 heavy (non-hydrogen) atoms. The Bertz CT molecular complexity index is 593. The van der Waals surface area contributed by atoms with Crippen LogP contribution in [0.3, 0.4) is 0 Å². The third-order valence-electron chi connectivity index (χ3n) is 5.54. The predicted octanol–water partition coefficient (Wildman–Crippen LogP) is 3.97. The van der Waals surface area contributed by atoms with Crippen LogP contribution in [0.2, 0.25) is 0 Å². The van der Waals surface area contributed by atoms with Crippen LogP contribution in [-0.4, -0.2) is 58.8 Å². The smallest absolute Gasteiger partial charge is 0.410 e. The van der Waals surface area contributed by atoms with Crippen LogP contribution in [0.4, 0.5) is 4.79 Å². The van der Waals surface area contributed by atoms with Crippen LogP contribution in [0.5, 0.6) is 5.75 Å². The molecule has 0 bridgehead atoms. The van der Waals surface area contributed by atoms with Gasteiger partial charge in [-0.3, -0.25) is 4.90 Å². The lowest BCUT2D eigenvalue weighted by Gasteiger charge is -2.42. The first-order valence-electron chi connectivity index (χ1n) is 9.83. The number of carbonyl (C=O) groups is 1.